The minimum atomic E-state index is -0.211. The number of hydrogen-bond donors (Lipinski definition) is 0. The number of hydrogen-bond acceptors (Lipinski definition) is 2. The molecule has 0 saturated heterocycles. The summed E-state index contributed by atoms with van der Waals surface area (Å²) in [5.41, 5.74) is 4.24. The van der Waals surface area contributed by atoms with Crippen molar-refractivity contribution in [2.45, 2.75) is 20.0 Å². The average molecular weight is 301 g/mol. The lowest BCUT2D eigenvalue weighted by Gasteiger charge is -2.22. The van der Waals surface area contributed by atoms with Crippen molar-refractivity contribution in [3.63, 3.8) is 0 Å². The molecule has 0 spiro atoms. The Labute approximate surface area is 132 Å². The van der Waals surface area contributed by atoms with E-state index in [4.69, 9.17) is 4.74 Å². The lowest BCUT2D eigenvalue weighted by molar-refractivity contribution is 0.0683. The molecule has 2 nitrogen and oxygen atoms in total. The molecule has 0 bridgehead atoms. The molecule has 118 valence electrons. The molecule has 2 aromatic rings. The number of rotatable bonds is 6. The Morgan fingerprint density at radius 3 is 2.32 bits per heavy atom. The molecule has 0 saturated carbocycles. The second-order valence-electron chi connectivity index (χ2n) is 5.97. The van der Waals surface area contributed by atoms with E-state index in [0.29, 0.717) is 6.61 Å². The average Bonchev–Trinajstić information content (AvgIpc) is 2.45. The van der Waals surface area contributed by atoms with E-state index in [2.05, 4.69) is 36.1 Å². The van der Waals surface area contributed by atoms with Gasteiger partial charge in [-0.2, -0.15) is 0 Å². The van der Waals surface area contributed by atoms with E-state index < -0.39 is 0 Å². The van der Waals surface area contributed by atoms with Gasteiger partial charge in [-0.25, -0.2) is 4.39 Å². The molecule has 22 heavy (non-hydrogen) atoms. The topological polar surface area (TPSA) is 12.5 Å². The smallest absolute Gasteiger partial charge is 0.123 e. The zero-order valence-electron chi connectivity index (χ0n) is 13.8. The van der Waals surface area contributed by atoms with E-state index in [1.54, 1.807) is 6.07 Å². The summed E-state index contributed by atoms with van der Waals surface area (Å²) in [6.07, 6.45) is -0.166. The van der Waals surface area contributed by atoms with Gasteiger partial charge in [-0.3, -0.25) is 0 Å². The van der Waals surface area contributed by atoms with Crippen molar-refractivity contribution in [2.75, 3.05) is 27.2 Å². The number of halogens is 1. The van der Waals surface area contributed by atoms with Crippen molar-refractivity contribution in [3.05, 3.63) is 70.5 Å². The van der Waals surface area contributed by atoms with Gasteiger partial charge in [0.1, 0.15) is 11.9 Å². The van der Waals surface area contributed by atoms with E-state index in [9.17, 15) is 4.39 Å². The molecule has 0 fully saturated rings. The van der Waals surface area contributed by atoms with E-state index in [1.165, 1.54) is 11.6 Å². The molecule has 2 aromatic carbocycles. The van der Waals surface area contributed by atoms with Crippen LogP contribution < -0.4 is 0 Å². The Morgan fingerprint density at radius 1 is 1.05 bits per heavy atom. The highest BCUT2D eigenvalue weighted by atomic mass is 19.1. The van der Waals surface area contributed by atoms with Crippen LogP contribution in [0.15, 0.2) is 42.5 Å². The minimum absolute atomic E-state index is 0.166. The third kappa shape index (κ3) is 4.39. The van der Waals surface area contributed by atoms with Gasteiger partial charge < -0.3 is 9.64 Å². The summed E-state index contributed by atoms with van der Waals surface area (Å²) in [5.74, 6) is -0.211. The SMILES string of the molecule is Cc1ccc(C(OCCN(C)C)c2ccc(F)cc2C)cc1. The van der Waals surface area contributed by atoms with Crippen LogP contribution >= 0.6 is 0 Å². The lowest BCUT2D eigenvalue weighted by atomic mass is 9.96. The van der Waals surface area contributed by atoms with Crippen LogP contribution in [0.4, 0.5) is 4.39 Å². The fraction of sp³-hybridized carbons (Fsp3) is 0.368. The Morgan fingerprint density at radius 2 is 1.73 bits per heavy atom. The molecule has 0 aliphatic carbocycles. The first-order chi connectivity index (χ1) is 10.5. The third-order valence-corrected chi connectivity index (χ3v) is 3.72. The number of benzene rings is 2. The molecule has 0 aromatic heterocycles. The summed E-state index contributed by atoms with van der Waals surface area (Å²) < 4.78 is 19.5. The fourth-order valence-corrected chi connectivity index (χ4v) is 2.39. The van der Waals surface area contributed by atoms with Crippen molar-refractivity contribution in [1.29, 1.82) is 0 Å². The molecule has 0 amide bonds. The molecular formula is C19H24FNO. The second-order valence-corrected chi connectivity index (χ2v) is 5.97. The highest BCUT2D eigenvalue weighted by molar-refractivity contribution is 5.36. The quantitative estimate of drug-likeness (QED) is 0.796. The summed E-state index contributed by atoms with van der Waals surface area (Å²) in [6, 6.07) is 13.2. The van der Waals surface area contributed by atoms with Crippen molar-refractivity contribution in [3.8, 4) is 0 Å². The maximum absolute atomic E-state index is 13.4. The predicted octanol–water partition coefficient (Wildman–Crippen LogP) is 4.11. The molecular weight excluding hydrogens is 277 g/mol. The van der Waals surface area contributed by atoms with Crippen LogP contribution in [-0.4, -0.2) is 32.1 Å². The van der Waals surface area contributed by atoms with Gasteiger partial charge in [-0.1, -0.05) is 35.9 Å². The van der Waals surface area contributed by atoms with Gasteiger partial charge in [0.05, 0.1) is 6.61 Å². The van der Waals surface area contributed by atoms with E-state index >= 15 is 0 Å². The van der Waals surface area contributed by atoms with Crippen LogP contribution in [0.2, 0.25) is 0 Å². The van der Waals surface area contributed by atoms with Gasteiger partial charge >= 0.3 is 0 Å². The molecule has 1 unspecified atom stereocenters. The monoisotopic (exact) mass is 301 g/mol. The second kappa shape index (κ2) is 7.52. The Bertz CT molecular complexity index is 607. The van der Waals surface area contributed by atoms with Crippen LogP contribution in [0.5, 0.6) is 0 Å². The summed E-state index contributed by atoms with van der Waals surface area (Å²) in [6.45, 7) is 5.47. The first kappa shape index (κ1) is 16.7. The zero-order chi connectivity index (χ0) is 16.1. The first-order valence-electron chi connectivity index (χ1n) is 7.56. The number of likely N-dealkylation sites (N-methyl/N-ethyl adjacent to an activating group) is 1. The predicted molar refractivity (Wildman–Crippen MR) is 88.7 cm³/mol. The maximum Gasteiger partial charge on any atom is 0.123 e. The molecule has 2 rings (SSSR count). The van der Waals surface area contributed by atoms with Gasteiger partial charge in [0, 0.05) is 6.54 Å². The summed E-state index contributed by atoms with van der Waals surface area (Å²) in [7, 11) is 4.04. The zero-order valence-corrected chi connectivity index (χ0v) is 13.8. The number of ether oxygens (including phenoxy) is 1. The van der Waals surface area contributed by atoms with Crippen molar-refractivity contribution in [1.82, 2.24) is 4.90 Å². The van der Waals surface area contributed by atoms with E-state index in [1.807, 2.05) is 27.1 Å². The fourth-order valence-electron chi connectivity index (χ4n) is 2.39. The molecule has 0 aliphatic heterocycles. The maximum atomic E-state index is 13.4. The van der Waals surface area contributed by atoms with Gasteiger partial charge in [-0.05, 0) is 56.8 Å². The van der Waals surface area contributed by atoms with E-state index in [-0.39, 0.29) is 11.9 Å². The van der Waals surface area contributed by atoms with Crippen LogP contribution in [0.1, 0.15) is 28.4 Å². The van der Waals surface area contributed by atoms with Gasteiger partial charge in [0.15, 0.2) is 0 Å². The highest BCUT2D eigenvalue weighted by Crippen LogP contribution is 2.29. The van der Waals surface area contributed by atoms with Crippen molar-refractivity contribution < 1.29 is 9.13 Å². The van der Waals surface area contributed by atoms with Gasteiger partial charge in [0.2, 0.25) is 0 Å². The molecule has 0 aliphatic rings. The number of nitrogens with zero attached hydrogens (tertiary/aromatic N) is 1. The van der Waals surface area contributed by atoms with Crippen LogP contribution in [0.3, 0.4) is 0 Å². The molecule has 0 N–H and O–H groups in total. The molecule has 3 heteroatoms. The Balaban J connectivity index is 2.29. The van der Waals surface area contributed by atoms with Crippen LogP contribution in [0, 0.1) is 19.7 Å². The van der Waals surface area contributed by atoms with Crippen LogP contribution in [-0.2, 0) is 4.74 Å². The molecule has 0 heterocycles. The van der Waals surface area contributed by atoms with Gasteiger partial charge in [-0.15, -0.1) is 0 Å². The Kier molecular flexibility index (Phi) is 5.69. The minimum Gasteiger partial charge on any atom is -0.367 e. The normalized spacial score (nSPS) is 12.6. The summed E-state index contributed by atoms with van der Waals surface area (Å²) >= 11 is 0. The van der Waals surface area contributed by atoms with E-state index in [0.717, 1.165) is 23.2 Å². The standard InChI is InChI=1S/C19H24FNO/c1-14-5-7-16(8-6-14)19(22-12-11-21(3)4)18-10-9-17(20)13-15(18)2/h5-10,13,19H,11-12H2,1-4H3. The van der Waals surface area contributed by atoms with Crippen molar-refractivity contribution in [2.24, 2.45) is 0 Å². The summed E-state index contributed by atoms with van der Waals surface area (Å²) in [4.78, 5) is 2.09. The van der Waals surface area contributed by atoms with Crippen molar-refractivity contribution >= 4 is 0 Å². The number of aryl methyl sites for hydroxylation is 2. The molecule has 0 radical (unpaired) electrons. The van der Waals surface area contributed by atoms with Crippen LogP contribution in [0.25, 0.3) is 0 Å². The Hall–Kier alpha value is -1.71. The highest BCUT2D eigenvalue weighted by Gasteiger charge is 2.17. The molecule has 1 atom stereocenters. The largest absolute Gasteiger partial charge is 0.367 e. The van der Waals surface area contributed by atoms with Gasteiger partial charge in [0.25, 0.3) is 0 Å². The third-order valence-electron chi connectivity index (χ3n) is 3.72. The first-order valence-corrected chi connectivity index (χ1v) is 7.56. The summed E-state index contributed by atoms with van der Waals surface area (Å²) in [5, 5.41) is 0. The lowest BCUT2D eigenvalue weighted by Crippen LogP contribution is -2.20.